The number of hydrogen-bond donors (Lipinski definition) is 1. The molecule has 0 aliphatic carbocycles. The van der Waals surface area contributed by atoms with Crippen molar-refractivity contribution in [3.63, 3.8) is 0 Å². The molecule has 0 fully saturated rings. The average Bonchev–Trinajstić information content (AvgIpc) is 2.64. The van der Waals surface area contributed by atoms with Gasteiger partial charge >= 0.3 is 0 Å². The lowest BCUT2D eigenvalue weighted by molar-refractivity contribution is 0.0690. The first-order valence-corrected chi connectivity index (χ1v) is 8.23. The molecule has 5 heteroatoms. The normalized spacial score (nSPS) is 10.4. The summed E-state index contributed by atoms with van der Waals surface area (Å²) in [4.78, 5) is 30.8. The van der Waals surface area contributed by atoms with Gasteiger partial charge in [-0.15, -0.1) is 6.58 Å². The van der Waals surface area contributed by atoms with Gasteiger partial charge in [0.2, 0.25) is 0 Å². The van der Waals surface area contributed by atoms with E-state index >= 15 is 0 Å². The fraction of sp³-hybridized carbons (Fsp3) is 0.250. The van der Waals surface area contributed by atoms with E-state index in [0.717, 1.165) is 5.56 Å². The molecular formula is C20H23N3O2. The fourth-order valence-electron chi connectivity index (χ4n) is 2.38. The van der Waals surface area contributed by atoms with Crippen molar-refractivity contribution < 1.29 is 9.59 Å². The Morgan fingerprint density at radius 3 is 2.60 bits per heavy atom. The number of pyridine rings is 1. The number of amides is 2. The molecule has 0 aliphatic heterocycles. The van der Waals surface area contributed by atoms with Gasteiger partial charge in [0.1, 0.15) is 5.69 Å². The van der Waals surface area contributed by atoms with E-state index in [1.165, 1.54) is 12.3 Å². The van der Waals surface area contributed by atoms with Crippen LogP contribution in [-0.2, 0) is 6.54 Å². The highest BCUT2D eigenvalue weighted by Gasteiger charge is 2.20. The van der Waals surface area contributed by atoms with Gasteiger partial charge in [0.05, 0.1) is 0 Å². The average molecular weight is 337 g/mol. The molecule has 5 nitrogen and oxygen atoms in total. The van der Waals surface area contributed by atoms with Crippen molar-refractivity contribution in [1.29, 1.82) is 0 Å². The van der Waals surface area contributed by atoms with E-state index in [0.29, 0.717) is 18.7 Å². The third-order valence-electron chi connectivity index (χ3n) is 3.73. The van der Waals surface area contributed by atoms with E-state index in [9.17, 15) is 9.59 Å². The van der Waals surface area contributed by atoms with Crippen LogP contribution in [0, 0.1) is 0 Å². The van der Waals surface area contributed by atoms with Gasteiger partial charge in [-0.25, -0.2) is 0 Å². The molecule has 0 unspecified atom stereocenters. The summed E-state index contributed by atoms with van der Waals surface area (Å²) in [5.74, 6) is -0.451. The van der Waals surface area contributed by atoms with Gasteiger partial charge in [0.25, 0.3) is 11.8 Å². The van der Waals surface area contributed by atoms with Crippen molar-refractivity contribution in [3.8, 4) is 0 Å². The van der Waals surface area contributed by atoms with Gasteiger partial charge in [-0.05, 0) is 31.5 Å². The second-order valence-electron chi connectivity index (χ2n) is 5.94. The molecule has 0 spiro atoms. The summed E-state index contributed by atoms with van der Waals surface area (Å²) in [6.07, 6.45) is 3.07. The second-order valence-corrected chi connectivity index (χ2v) is 5.94. The van der Waals surface area contributed by atoms with E-state index in [1.807, 2.05) is 44.2 Å². The lowest BCUT2D eigenvalue weighted by Crippen LogP contribution is -2.36. The van der Waals surface area contributed by atoms with Gasteiger partial charge in [0.15, 0.2) is 0 Å². The largest absolute Gasteiger partial charge is 0.347 e. The number of hydrogen-bond acceptors (Lipinski definition) is 3. The maximum absolute atomic E-state index is 12.9. The minimum Gasteiger partial charge on any atom is -0.347 e. The molecular weight excluding hydrogens is 314 g/mol. The molecule has 0 aliphatic rings. The van der Waals surface area contributed by atoms with Gasteiger partial charge < -0.3 is 10.2 Å². The van der Waals surface area contributed by atoms with Crippen molar-refractivity contribution in [3.05, 3.63) is 78.1 Å². The topological polar surface area (TPSA) is 62.3 Å². The Morgan fingerprint density at radius 1 is 1.24 bits per heavy atom. The van der Waals surface area contributed by atoms with Crippen LogP contribution in [-0.4, -0.2) is 34.3 Å². The minimum absolute atomic E-state index is 0.0268. The summed E-state index contributed by atoms with van der Waals surface area (Å²) in [6, 6.07) is 13.0. The molecule has 0 radical (unpaired) electrons. The summed E-state index contributed by atoms with van der Waals surface area (Å²) in [5.41, 5.74) is 1.72. The van der Waals surface area contributed by atoms with Crippen LogP contribution in [0.15, 0.2) is 61.3 Å². The van der Waals surface area contributed by atoms with E-state index in [1.54, 1.807) is 17.0 Å². The molecule has 2 aromatic rings. The van der Waals surface area contributed by atoms with Crippen LogP contribution in [0.4, 0.5) is 0 Å². The van der Waals surface area contributed by atoms with Gasteiger partial charge in [-0.2, -0.15) is 0 Å². The van der Waals surface area contributed by atoms with Crippen LogP contribution in [0.5, 0.6) is 0 Å². The Kier molecular flexibility index (Phi) is 6.46. The van der Waals surface area contributed by atoms with E-state index in [4.69, 9.17) is 0 Å². The SMILES string of the molecule is C=CCNC(=O)c1cc(C(=O)N(Cc2ccccc2)C(C)C)ccn1. The van der Waals surface area contributed by atoms with Crippen LogP contribution in [0.3, 0.4) is 0 Å². The summed E-state index contributed by atoms with van der Waals surface area (Å²) in [7, 11) is 0. The summed E-state index contributed by atoms with van der Waals surface area (Å²) < 4.78 is 0. The van der Waals surface area contributed by atoms with Crippen molar-refractivity contribution >= 4 is 11.8 Å². The van der Waals surface area contributed by atoms with Crippen molar-refractivity contribution in [2.75, 3.05) is 6.54 Å². The zero-order valence-electron chi connectivity index (χ0n) is 14.6. The van der Waals surface area contributed by atoms with Crippen LogP contribution < -0.4 is 5.32 Å². The quantitative estimate of drug-likeness (QED) is 0.790. The predicted molar refractivity (Wildman–Crippen MR) is 98.2 cm³/mol. The van der Waals surface area contributed by atoms with Crippen molar-refractivity contribution in [1.82, 2.24) is 15.2 Å². The third kappa shape index (κ3) is 5.01. The van der Waals surface area contributed by atoms with Crippen molar-refractivity contribution in [2.45, 2.75) is 26.4 Å². The number of rotatable bonds is 7. The lowest BCUT2D eigenvalue weighted by Gasteiger charge is -2.27. The maximum atomic E-state index is 12.9. The molecule has 1 heterocycles. The number of aromatic nitrogens is 1. The molecule has 1 aromatic carbocycles. The Labute approximate surface area is 148 Å². The standard InChI is InChI=1S/C20H23N3O2/c1-4-11-22-19(24)18-13-17(10-12-21-18)20(25)23(15(2)3)14-16-8-6-5-7-9-16/h4-10,12-13,15H,1,11,14H2,2-3H3,(H,22,24). The van der Waals surface area contributed by atoms with Crippen LogP contribution in [0.1, 0.15) is 40.3 Å². The summed E-state index contributed by atoms with van der Waals surface area (Å²) >= 11 is 0. The summed E-state index contributed by atoms with van der Waals surface area (Å²) in [5, 5.41) is 2.66. The van der Waals surface area contributed by atoms with Crippen LogP contribution in [0.2, 0.25) is 0 Å². The Hall–Kier alpha value is -2.95. The second kappa shape index (κ2) is 8.78. The third-order valence-corrected chi connectivity index (χ3v) is 3.73. The first kappa shape index (κ1) is 18.4. The number of carbonyl (C=O) groups is 2. The first-order valence-electron chi connectivity index (χ1n) is 8.23. The Bertz CT molecular complexity index is 742. The van der Waals surface area contributed by atoms with Gasteiger partial charge in [0, 0.05) is 30.9 Å². The van der Waals surface area contributed by atoms with E-state index < -0.39 is 0 Å². The molecule has 25 heavy (non-hydrogen) atoms. The van der Waals surface area contributed by atoms with Crippen LogP contribution >= 0.6 is 0 Å². The molecule has 130 valence electrons. The van der Waals surface area contributed by atoms with Crippen molar-refractivity contribution in [2.24, 2.45) is 0 Å². The lowest BCUT2D eigenvalue weighted by atomic mass is 10.1. The molecule has 0 atom stereocenters. The molecule has 2 rings (SSSR count). The maximum Gasteiger partial charge on any atom is 0.270 e. The molecule has 0 bridgehead atoms. The number of nitrogens with one attached hydrogen (secondary N) is 1. The van der Waals surface area contributed by atoms with E-state index in [-0.39, 0.29) is 23.6 Å². The smallest absolute Gasteiger partial charge is 0.270 e. The minimum atomic E-state index is -0.325. The molecule has 1 aromatic heterocycles. The highest BCUT2D eigenvalue weighted by molar-refractivity contribution is 5.98. The van der Waals surface area contributed by atoms with Crippen LogP contribution in [0.25, 0.3) is 0 Å². The molecule has 2 amide bonds. The molecule has 1 N–H and O–H groups in total. The number of benzene rings is 1. The highest BCUT2D eigenvalue weighted by Crippen LogP contribution is 2.14. The molecule has 0 saturated heterocycles. The summed E-state index contributed by atoms with van der Waals surface area (Å²) in [6.45, 7) is 8.37. The first-order chi connectivity index (χ1) is 12.0. The fourth-order valence-corrected chi connectivity index (χ4v) is 2.38. The zero-order valence-corrected chi connectivity index (χ0v) is 14.6. The van der Waals surface area contributed by atoms with Gasteiger partial charge in [-0.3, -0.25) is 14.6 Å². The highest BCUT2D eigenvalue weighted by atomic mass is 16.2. The monoisotopic (exact) mass is 337 g/mol. The zero-order chi connectivity index (χ0) is 18.2. The predicted octanol–water partition coefficient (Wildman–Crippen LogP) is 3.05. The Balaban J connectivity index is 2.21. The Morgan fingerprint density at radius 2 is 1.96 bits per heavy atom. The number of carbonyl (C=O) groups excluding carboxylic acids is 2. The van der Waals surface area contributed by atoms with E-state index in [2.05, 4.69) is 16.9 Å². The van der Waals surface area contributed by atoms with Gasteiger partial charge in [-0.1, -0.05) is 36.4 Å². The number of nitrogens with zero attached hydrogens (tertiary/aromatic N) is 2. The molecule has 0 saturated carbocycles.